The Hall–Kier alpha value is -1.99. The summed E-state index contributed by atoms with van der Waals surface area (Å²) < 4.78 is 39.6. The van der Waals surface area contributed by atoms with Gasteiger partial charge in [0.05, 0.1) is 0 Å². The van der Waals surface area contributed by atoms with Crippen molar-refractivity contribution < 1.29 is 12.8 Å². The third kappa shape index (κ3) is 3.07. The van der Waals surface area contributed by atoms with Gasteiger partial charge in [-0.05, 0) is 23.8 Å². The van der Waals surface area contributed by atoms with Crippen LogP contribution >= 0.6 is 0 Å². The lowest BCUT2D eigenvalue weighted by Crippen LogP contribution is -2.15. The Morgan fingerprint density at radius 3 is 2.53 bits per heavy atom. The van der Waals surface area contributed by atoms with Gasteiger partial charge in [0, 0.05) is 12.7 Å². The molecule has 0 radical (unpaired) electrons. The van der Waals surface area contributed by atoms with Crippen LogP contribution in [0.5, 0.6) is 0 Å². The van der Waals surface area contributed by atoms with Gasteiger partial charge in [-0.25, -0.2) is 17.8 Å². The SMILES string of the molecule is NCc1ccc(NS(=O)(=O)c2ccccc2F)nc1. The first-order valence-corrected chi connectivity index (χ1v) is 6.93. The highest BCUT2D eigenvalue weighted by Gasteiger charge is 2.18. The summed E-state index contributed by atoms with van der Waals surface area (Å²) in [6.45, 7) is 0.313. The summed E-state index contributed by atoms with van der Waals surface area (Å²) in [5.74, 6) is -0.700. The molecule has 0 spiro atoms. The summed E-state index contributed by atoms with van der Waals surface area (Å²) in [7, 11) is -3.98. The van der Waals surface area contributed by atoms with Gasteiger partial charge in [0.25, 0.3) is 10.0 Å². The van der Waals surface area contributed by atoms with E-state index in [1.54, 1.807) is 6.07 Å². The largest absolute Gasteiger partial charge is 0.326 e. The molecule has 100 valence electrons. The lowest BCUT2D eigenvalue weighted by molar-refractivity contribution is 0.570. The molecule has 7 heteroatoms. The molecule has 0 saturated heterocycles. The van der Waals surface area contributed by atoms with Crippen molar-refractivity contribution in [3.05, 3.63) is 54.0 Å². The Balaban J connectivity index is 2.28. The molecule has 0 fully saturated rings. The fourth-order valence-corrected chi connectivity index (χ4v) is 2.55. The monoisotopic (exact) mass is 281 g/mol. The fourth-order valence-electron chi connectivity index (χ4n) is 1.46. The number of pyridine rings is 1. The average Bonchev–Trinajstić information content (AvgIpc) is 2.39. The molecular formula is C12H12FN3O2S. The fraction of sp³-hybridized carbons (Fsp3) is 0.0833. The number of hydrogen-bond acceptors (Lipinski definition) is 4. The van der Waals surface area contributed by atoms with Crippen molar-refractivity contribution in [2.45, 2.75) is 11.4 Å². The number of rotatable bonds is 4. The summed E-state index contributed by atoms with van der Waals surface area (Å²) in [6.07, 6.45) is 1.46. The van der Waals surface area contributed by atoms with Gasteiger partial charge in [-0.3, -0.25) is 4.72 Å². The number of sulfonamides is 1. The zero-order chi connectivity index (χ0) is 13.9. The minimum Gasteiger partial charge on any atom is -0.326 e. The quantitative estimate of drug-likeness (QED) is 0.889. The highest BCUT2D eigenvalue weighted by atomic mass is 32.2. The third-order valence-electron chi connectivity index (χ3n) is 2.43. The van der Waals surface area contributed by atoms with Gasteiger partial charge in [-0.2, -0.15) is 0 Å². The second-order valence-corrected chi connectivity index (χ2v) is 5.44. The Kier molecular flexibility index (Phi) is 3.77. The molecule has 0 aliphatic heterocycles. The van der Waals surface area contributed by atoms with Crippen LogP contribution in [0.3, 0.4) is 0 Å². The molecule has 3 N–H and O–H groups in total. The van der Waals surface area contributed by atoms with Crippen LogP contribution in [0, 0.1) is 5.82 Å². The van der Waals surface area contributed by atoms with Crippen LogP contribution in [0.15, 0.2) is 47.5 Å². The van der Waals surface area contributed by atoms with Crippen LogP contribution < -0.4 is 10.5 Å². The Morgan fingerprint density at radius 2 is 1.95 bits per heavy atom. The van der Waals surface area contributed by atoms with E-state index in [1.807, 2.05) is 0 Å². The van der Waals surface area contributed by atoms with Crippen LogP contribution in [0.25, 0.3) is 0 Å². The number of anilines is 1. The maximum Gasteiger partial charge on any atom is 0.265 e. The highest BCUT2D eigenvalue weighted by Crippen LogP contribution is 2.17. The first-order valence-electron chi connectivity index (χ1n) is 5.45. The molecule has 0 aliphatic carbocycles. The van der Waals surface area contributed by atoms with Gasteiger partial charge >= 0.3 is 0 Å². The molecule has 0 aliphatic rings. The van der Waals surface area contributed by atoms with Crippen LogP contribution in [0.1, 0.15) is 5.56 Å². The maximum atomic E-state index is 13.5. The van der Waals surface area contributed by atoms with Gasteiger partial charge in [-0.15, -0.1) is 0 Å². The van der Waals surface area contributed by atoms with E-state index >= 15 is 0 Å². The van der Waals surface area contributed by atoms with Crippen molar-refractivity contribution in [2.24, 2.45) is 5.73 Å². The van der Waals surface area contributed by atoms with E-state index in [9.17, 15) is 12.8 Å². The van der Waals surface area contributed by atoms with Crippen LogP contribution in [0.4, 0.5) is 10.2 Å². The zero-order valence-electron chi connectivity index (χ0n) is 9.88. The number of benzene rings is 1. The summed E-state index contributed by atoms with van der Waals surface area (Å²) >= 11 is 0. The van der Waals surface area contributed by atoms with E-state index in [0.29, 0.717) is 6.54 Å². The predicted octanol–water partition coefficient (Wildman–Crippen LogP) is 1.48. The molecule has 0 atom stereocenters. The van der Waals surface area contributed by atoms with Crippen molar-refractivity contribution >= 4 is 15.8 Å². The van der Waals surface area contributed by atoms with Crippen LogP contribution in [0.2, 0.25) is 0 Å². The van der Waals surface area contributed by atoms with E-state index in [-0.39, 0.29) is 5.82 Å². The summed E-state index contributed by atoms with van der Waals surface area (Å²) in [6, 6.07) is 8.25. The lowest BCUT2D eigenvalue weighted by Gasteiger charge is -2.08. The van der Waals surface area contributed by atoms with Crippen molar-refractivity contribution in [1.29, 1.82) is 0 Å². The van der Waals surface area contributed by atoms with Crippen LogP contribution in [-0.2, 0) is 16.6 Å². The predicted molar refractivity (Wildman–Crippen MR) is 69.3 cm³/mol. The molecule has 0 unspecified atom stereocenters. The van der Waals surface area contributed by atoms with Crippen molar-refractivity contribution in [3.63, 3.8) is 0 Å². The molecule has 0 bridgehead atoms. The van der Waals surface area contributed by atoms with Crippen molar-refractivity contribution in [1.82, 2.24) is 4.98 Å². The number of hydrogen-bond donors (Lipinski definition) is 2. The third-order valence-corrected chi connectivity index (χ3v) is 3.81. The van der Waals surface area contributed by atoms with E-state index in [1.165, 1.54) is 30.5 Å². The van der Waals surface area contributed by atoms with E-state index in [0.717, 1.165) is 11.6 Å². The Morgan fingerprint density at radius 1 is 1.21 bits per heavy atom. The van der Waals surface area contributed by atoms with Gasteiger partial charge in [-0.1, -0.05) is 18.2 Å². The second-order valence-electron chi connectivity index (χ2n) is 3.79. The topological polar surface area (TPSA) is 85.1 Å². The lowest BCUT2D eigenvalue weighted by atomic mass is 10.3. The molecule has 1 aromatic heterocycles. The number of nitrogens with zero attached hydrogens (tertiary/aromatic N) is 1. The highest BCUT2D eigenvalue weighted by molar-refractivity contribution is 7.92. The van der Waals surface area contributed by atoms with Crippen molar-refractivity contribution in [2.75, 3.05) is 4.72 Å². The van der Waals surface area contributed by atoms with E-state index < -0.39 is 20.7 Å². The van der Waals surface area contributed by atoms with Gasteiger partial charge in [0.2, 0.25) is 0 Å². The van der Waals surface area contributed by atoms with Gasteiger partial charge in [0.15, 0.2) is 0 Å². The number of halogens is 1. The first-order chi connectivity index (χ1) is 9.03. The molecule has 5 nitrogen and oxygen atoms in total. The molecular weight excluding hydrogens is 269 g/mol. The van der Waals surface area contributed by atoms with Crippen molar-refractivity contribution in [3.8, 4) is 0 Å². The molecule has 2 aromatic rings. The molecule has 2 rings (SSSR count). The second kappa shape index (κ2) is 5.33. The average molecular weight is 281 g/mol. The molecule has 0 amide bonds. The van der Waals surface area contributed by atoms with Gasteiger partial charge in [0.1, 0.15) is 16.5 Å². The normalized spacial score (nSPS) is 11.3. The number of nitrogens with two attached hydrogens (primary N) is 1. The smallest absolute Gasteiger partial charge is 0.265 e. The van der Waals surface area contributed by atoms with Crippen LogP contribution in [-0.4, -0.2) is 13.4 Å². The minimum absolute atomic E-state index is 0.112. The molecule has 1 heterocycles. The molecule has 0 saturated carbocycles. The number of nitrogens with one attached hydrogen (secondary N) is 1. The first kappa shape index (κ1) is 13.4. The van der Waals surface area contributed by atoms with E-state index in [2.05, 4.69) is 9.71 Å². The number of aromatic nitrogens is 1. The minimum atomic E-state index is -3.98. The molecule has 1 aromatic carbocycles. The van der Waals surface area contributed by atoms with Gasteiger partial charge < -0.3 is 5.73 Å². The summed E-state index contributed by atoms with van der Waals surface area (Å²) in [5.41, 5.74) is 6.18. The Labute approximate surface area is 110 Å². The zero-order valence-corrected chi connectivity index (χ0v) is 10.7. The standard InChI is InChI=1S/C12H12FN3O2S/c13-10-3-1-2-4-11(10)19(17,18)16-12-6-5-9(7-14)8-15-12/h1-6,8H,7,14H2,(H,15,16). The Bertz CT molecular complexity index is 672. The molecule has 19 heavy (non-hydrogen) atoms. The summed E-state index contributed by atoms with van der Waals surface area (Å²) in [5, 5.41) is 0. The maximum absolute atomic E-state index is 13.5. The summed E-state index contributed by atoms with van der Waals surface area (Å²) in [4.78, 5) is 3.48. The van der Waals surface area contributed by atoms with E-state index in [4.69, 9.17) is 5.73 Å².